The van der Waals surface area contributed by atoms with Gasteiger partial charge in [-0.25, -0.2) is 0 Å². The zero-order chi connectivity index (χ0) is 12.8. The number of hydrogen-bond donors (Lipinski definition) is 0. The van der Waals surface area contributed by atoms with Crippen molar-refractivity contribution in [3.05, 3.63) is 65.7 Å². The first-order valence-electron chi connectivity index (χ1n) is 6.04. The van der Waals surface area contributed by atoms with Crippen molar-refractivity contribution in [3.8, 4) is 5.75 Å². The van der Waals surface area contributed by atoms with Crippen LogP contribution in [-0.4, -0.2) is 6.29 Å². The summed E-state index contributed by atoms with van der Waals surface area (Å²) >= 11 is 0. The minimum atomic E-state index is -0.0410. The van der Waals surface area contributed by atoms with Gasteiger partial charge in [0.05, 0.1) is 5.56 Å². The molecule has 0 amide bonds. The third-order valence-electron chi connectivity index (χ3n) is 2.81. The average Bonchev–Trinajstić information content (AvgIpc) is 2.46. The number of benzene rings is 2. The molecule has 1 radical (unpaired) electrons. The summed E-state index contributed by atoms with van der Waals surface area (Å²) in [6.07, 6.45) is 2.70. The lowest BCUT2D eigenvalue weighted by Gasteiger charge is -2.18. The molecule has 1 atom stereocenters. The van der Waals surface area contributed by atoms with Crippen LogP contribution in [0.15, 0.2) is 54.6 Å². The van der Waals surface area contributed by atoms with Crippen molar-refractivity contribution in [1.29, 1.82) is 0 Å². The Kier molecular flexibility index (Phi) is 4.13. The third kappa shape index (κ3) is 2.77. The fraction of sp³-hybridized carbons (Fsp3) is 0.188. The fourth-order valence-electron chi connectivity index (χ4n) is 1.86. The number of carbonyl (C=O) groups excluding carboxylic acids is 1. The molecule has 0 N–H and O–H groups in total. The Morgan fingerprint density at radius 2 is 1.72 bits per heavy atom. The summed E-state index contributed by atoms with van der Waals surface area (Å²) in [4.78, 5) is 10.8. The summed E-state index contributed by atoms with van der Waals surface area (Å²) in [5.41, 5.74) is 1.58. The Balaban J connectivity index is 2.23. The first-order chi connectivity index (χ1) is 8.85. The standard InChI is InChI=1S/C16H15O2/c1-2-15(13-8-4-3-5-9-13)18-16-11-7-6-10-14(16)12-17/h3-11,15H,2H2,1H3. The monoisotopic (exact) mass is 239 g/mol. The molecule has 2 aromatic carbocycles. The van der Waals surface area contributed by atoms with Crippen LogP contribution in [0.3, 0.4) is 0 Å². The zero-order valence-corrected chi connectivity index (χ0v) is 10.3. The fourth-order valence-corrected chi connectivity index (χ4v) is 1.86. The molecular formula is C16H15O2. The van der Waals surface area contributed by atoms with Gasteiger partial charge in [-0.2, -0.15) is 0 Å². The summed E-state index contributed by atoms with van der Waals surface area (Å²) < 4.78 is 5.91. The van der Waals surface area contributed by atoms with E-state index < -0.39 is 0 Å². The molecule has 91 valence electrons. The van der Waals surface area contributed by atoms with Gasteiger partial charge in [0.1, 0.15) is 11.9 Å². The van der Waals surface area contributed by atoms with Gasteiger partial charge in [-0.15, -0.1) is 0 Å². The molecule has 0 saturated carbocycles. The van der Waals surface area contributed by atoms with Gasteiger partial charge in [0, 0.05) is 0 Å². The normalized spacial score (nSPS) is 11.8. The molecule has 2 heteroatoms. The lowest BCUT2D eigenvalue weighted by atomic mass is 10.1. The van der Waals surface area contributed by atoms with E-state index in [1.54, 1.807) is 18.2 Å². The molecule has 2 rings (SSSR count). The zero-order valence-electron chi connectivity index (χ0n) is 10.3. The van der Waals surface area contributed by atoms with Crippen LogP contribution in [0.1, 0.15) is 30.6 Å². The van der Waals surface area contributed by atoms with Crippen LogP contribution < -0.4 is 4.74 Å². The molecule has 2 aromatic rings. The van der Waals surface area contributed by atoms with Crippen LogP contribution in [0.5, 0.6) is 5.75 Å². The molecule has 0 bridgehead atoms. The predicted octanol–water partition coefficient (Wildman–Crippen LogP) is 3.67. The van der Waals surface area contributed by atoms with Crippen LogP contribution in [0.25, 0.3) is 0 Å². The smallest absolute Gasteiger partial charge is 0.237 e. The largest absolute Gasteiger partial charge is 0.485 e. The maximum Gasteiger partial charge on any atom is 0.237 e. The van der Waals surface area contributed by atoms with Crippen molar-refractivity contribution < 1.29 is 9.53 Å². The first kappa shape index (κ1) is 12.4. The van der Waals surface area contributed by atoms with Crippen LogP contribution in [-0.2, 0) is 4.79 Å². The van der Waals surface area contributed by atoms with Gasteiger partial charge >= 0.3 is 0 Å². The Hall–Kier alpha value is -2.09. The molecule has 0 aromatic heterocycles. The Morgan fingerprint density at radius 1 is 1.06 bits per heavy atom. The number of ether oxygens (including phenoxy) is 1. The molecule has 0 heterocycles. The van der Waals surface area contributed by atoms with E-state index in [1.165, 1.54) is 0 Å². The van der Waals surface area contributed by atoms with E-state index in [0.29, 0.717) is 11.3 Å². The summed E-state index contributed by atoms with van der Waals surface area (Å²) in [5.74, 6) is 0.586. The van der Waals surface area contributed by atoms with Gasteiger partial charge in [-0.05, 0) is 24.1 Å². The van der Waals surface area contributed by atoms with Gasteiger partial charge in [-0.1, -0.05) is 49.4 Å². The molecule has 18 heavy (non-hydrogen) atoms. The van der Waals surface area contributed by atoms with Crippen LogP contribution in [0, 0.1) is 0 Å². The van der Waals surface area contributed by atoms with E-state index >= 15 is 0 Å². The highest BCUT2D eigenvalue weighted by Crippen LogP contribution is 2.26. The SMILES string of the molecule is CCC(Oc1ccccc1[C]=O)c1ccccc1. The van der Waals surface area contributed by atoms with E-state index in [9.17, 15) is 4.79 Å². The summed E-state index contributed by atoms with van der Waals surface area (Å²) in [6, 6.07) is 17.2. The Labute approximate surface area is 107 Å². The second kappa shape index (κ2) is 6.01. The quantitative estimate of drug-likeness (QED) is 0.795. The van der Waals surface area contributed by atoms with Crippen molar-refractivity contribution in [2.24, 2.45) is 0 Å². The van der Waals surface area contributed by atoms with Crippen molar-refractivity contribution in [2.75, 3.05) is 0 Å². The maximum atomic E-state index is 10.8. The molecule has 1 unspecified atom stereocenters. The second-order valence-electron chi connectivity index (χ2n) is 4.02. The molecular weight excluding hydrogens is 224 g/mol. The Morgan fingerprint density at radius 3 is 2.39 bits per heavy atom. The van der Waals surface area contributed by atoms with E-state index in [1.807, 2.05) is 42.7 Å². The minimum absolute atomic E-state index is 0.0410. The highest BCUT2D eigenvalue weighted by atomic mass is 16.5. The first-order valence-corrected chi connectivity index (χ1v) is 6.04. The van der Waals surface area contributed by atoms with E-state index in [4.69, 9.17) is 4.74 Å². The van der Waals surface area contributed by atoms with Crippen molar-refractivity contribution >= 4 is 6.29 Å². The van der Waals surface area contributed by atoms with Crippen molar-refractivity contribution in [3.63, 3.8) is 0 Å². The lowest BCUT2D eigenvalue weighted by Crippen LogP contribution is -2.07. The maximum absolute atomic E-state index is 10.8. The summed E-state index contributed by atoms with van der Waals surface area (Å²) in [7, 11) is 0. The second-order valence-corrected chi connectivity index (χ2v) is 4.02. The molecule has 0 aliphatic carbocycles. The van der Waals surface area contributed by atoms with E-state index in [-0.39, 0.29) is 6.10 Å². The number of hydrogen-bond acceptors (Lipinski definition) is 2. The summed E-state index contributed by atoms with van der Waals surface area (Å²) in [6.45, 7) is 2.06. The third-order valence-corrected chi connectivity index (χ3v) is 2.81. The highest BCUT2D eigenvalue weighted by Gasteiger charge is 2.12. The van der Waals surface area contributed by atoms with Gasteiger partial charge in [0.15, 0.2) is 0 Å². The topological polar surface area (TPSA) is 26.3 Å². The molecule has 0 aliphatic heterocycles. The van der Waals surface area contributed by atoms with E-state index in [0.717, 1.165) is 12.0 Å². The highest BCUT2D eigenvalue weighted by molar-refractivity contribution is 5.79. The van der Waals surface area contributed by atoms with Crippen molar-refractivity contribution in [1.82, 2.24) is 0 Å². The van der Waals surface area contributed by atoms with Crippen molar-refractivity contribution in [2.45, 2.75) is 19.4 Å². The number of rotatable bonds is 5. The van der Waals surface area contributed by atoms with Gasteiger partial charge in [0.2, 0.25) is 6.29 Å². The van der Waals surface area contributed by atoms with Crippen LogP contribution >= 0.6 is 0 Å². The van der Waals surface area contributed by atoms with Gasteiger partial charge in [0.25, 0.3) is 0 Å². The van der Waals surface area contributed by atoms with Gasteiger partial charge in [-0.3, -0.25) is 4.79 Å². The lowest BCUT2D eigenvalue weighted by molar-refractivity contribution is 0.201. The van der Waals surface area contributed by atoms with Crippen LogP contribution in [0.2, 0.25) is 0 Å². The molecule has 2 nitrogen and oxygen atoms in total. The average molecular weight is 239 g/mol. The molecule has 0 spiro atoms. The predicted molar refractivity (Wildman–Crippen MR) is 71.3 cm³/mol. The molecule has 0 aliphatic rings. The molecule has 0 saturated heterocycles. The van der Waals surface area contributed by atoms with Gasteiger partial charge < -0.3 is 4.74 Å². The molecule has 0 fully saturated rings. The van der Waals surface area contributed by atoms with Crippen LogP contribution in [0.4, 0.5) is 0 Å². The summed E-state index contributed by atoms with van der Waals surface area (Å²) in [5, 5.41) is 0. The van der Waals surface area contributed by atoms with E-state index in [2.05, 4.69) is 6.92 Å². The minimum Gasteiger partial charge on any atom is -0.485 e. The number of para-hydroxylation sites is 1. The Bertz CT molecular complexity index is 506.